The van der Waals surface area contributed by atoms with Crippen molar-refractivity contribution in [2.24, 2.45) is 11.8 Å². The van der Waals surface area contributed by atoms with Crippen LogP contribution in [0.5, 0.6) is 0 Å². The monoisotopic (exact) mass is 342 g/mol. The van der Waals surface area contributed by atoms with Gasteiger partial charge in [0.05, 0.1) is 5.92 Å². The van der Waals surface area contributed by atoms with Crippen molar-refractivity contribution in [3.8, 4) is 0 Å². The number of likely N-dealkylation sites (tertiary alicyclic amines) is 1. The molecule has 0 bridgehead atoms. The van der Waals surface area contributed by atoms with E-state index in [0.29, 0.717) is 23.9 Å². The van der Waals surface area contributed by atoms with E-state index in [4.69, 9.17) is 0 Å². The number of amides is 3. The van der Waals surface area contributed by atoms with Crippen LogP contribution in [-0.4, -0.2) is 35.2 Å². The Bertz CT molecular complexity index is 666. The second-order valence-electron chi connectivity index (χ2n) is 7.52. The van der Waals surface area contributed by atoms with Gasteiger partial charge in [-0.2, -0.15) is 0 Å². The van der Waals surface area contributed by atoms with E-state index in [2.05, 4.69) is 19.2 Å². The van der Waals surface area contributed by atoms with Gasteiger partial charge in [0.25, 0.3) is 5.91 Å². The van der Waals surface area contributed by atoms with Crippen molar-refractivity contribution in [1.29, 1.82) is 0 Å². The van der Waals surface area contributed by atoms with E-state index in [-0.39, 0.29) is 30.1 Å². The molecular weight excluding hydrogens is 316 g/mol. The Hall–Kier alpha value is -2.17. The predicted molar refractivity (Wildman–Crippen MR) is 94.9 cm³/mol. The molecule has 2 aliphatic heterocycles. The minimum Gasteiger partial charge on any atom is -0.335 e. The second-order valence-corrected chi connectivity index (χ2v) is 7.52. The van der Waals surface area contributed by atoms with Gasteiger partial charge >= 0.3 is 0 Å². The first-order valence-corrected chi connectivity index (χ1v) is 9.19. The van der Waals surface area contributed by atoms with Gasteiger partial charge in [-0.3, -0.25) is 19.7 Å². The highest BCUT2D eigenvalue weighted by molar-refractivity contribution is 6.03. The van der Waals surface area contributed by atoms with Gasteiger partial charge in [0.1, 0.15) is 0 Å². The normalized spacial score (nSPS) is 23.9. The minimum atomic E-state index is -0.290. The third-order valence-electron chi connectivity index (χ3n) is 5.33. The molecule has 2 saturated heterocycles. The number of nitrogens with zero attached hydrogens (tertiary/aromatic N) is 1. The molecule has 0 aromatic heterocycles. The number of carbonyl (C=O) groups excluding carboxylic acids is 3. The molecule has 5 nitrogen and oxygen atoms in total. The zero-order valence-corrected chi connectivity index (χ0v) is 15.0. The SMILES string of the molecule is CC(C)[C@@H]1CCCCN1C(=O)c1ccc(C[C@@H]2CC(=O)NC2=O)cc1. The van der Waals surface area contributed by atoms with Crippen molar-refractivity contribution < 1.29 is 14.4 Å². The molecule has 3 rings (SSSR count). The van der Waals surface area contributed by atoms with Crippen LogP contribution < -0.4 is 5.32 Å². The Morgan fingerprint density at radius 1 is 1.20 bits per heavy atom. The fraction of sp³-hybridized carbons (Fsp3) is 0.550. The van der Waals surface area contributed by atoms with Crippen LogP contribution >= 0.6 is 0 Å². The van der Waals surface area contributed by atoms with Crippen LogP contribution in [0.1, 0.15) is 55.5 Å². The summed E-state index contributed by atoms with van der Waals surface area (Å²) in [6.07, 6.45) is 4.12. The van der Waals surface area contributed by atoms with E-state index >= 15 is 0 Å². The Balaban J connectivity index is 1.68. The van der Waals surface area contributed by atoms with Crippen molar-refractivity contribution in [2.45, 2.75) is 52.0 Å². The quantitative estimate of drug-likeness (QED) is 0.855. The fourth-order valence-corrected chi connectivity index (χ4v) is 3.91. The zero-order valence-electron chi connectivity index (χ0n) is 15.0. The third-order valence-corrected chi connectivity index (χ3v) is 5.33. The predicted octanol–water partition coefficient (Wildman–Crippen LogP) is 2.54. The average molecular weight is 342 g/mol. The summed E-state index contributed by atoms with van der Waals surface area (Å²) in [7, 11) is 0. The summed E-state index contributed by atoms with van der Waals surface area (Å²) < 4.78 is 0. The molecule has 25 heavy (non-hydrogen) atoms. The molecule has 1 N–H and O–H groups in total. The Morgan fingerprint density at radius 3 is 2.52 bits per heavy atom. The number of nitrogens with one attached hydrogen (secondary N) is 1. The van der Waals surface area contributed by atoms with Crippen molar-refractivity contribution in [1.82, 2.24) is 10.2 Å². The lowest BCUT2D eigenvalue weighted by molar-refractivity contribution is -0.125. The molecular formula is C20H26N2O3. The summed E-state index contributed by atoms with van der Waals surface area (Å²) >= 11 is 0. The lowest BCUT2D eigenvalue weighted by atomic mass is 9.92. The summed E-state index contributed by atoms with van der Waals surface area (Å²) in [5.41, 5.74) is 1.67. The highest BCUT2D eigenvalue weighted by Crippen LogP contribution is 2.25. The summed E-state index contributed by atoms with van der Waals surface area (Å²) in [4.78, 5) is 37.9. The van der Waals surface area contributed by atoms with Crippen molar-refractivity contribution in [3.05, 3.63) is 35.4 Å². The van der Waals surface area contributed by atoms with Crippen LogP contribution in [0.4, 0.5) is 0 Å². The lowest BCUT2D eigenvalue weighted by Crippen LogP contribution is -2.46. The summed E-state index contributed by atoms with van der Waals surface area (Å²) in [5.74, 6) is -0.132. The number of carbonyl (C=O) groups is 3. The highest BCUT2D eigenvalue weighted by atomic mass is 16.2. The average Bonchev–Trinajstić information content (AvgIpc) is 2.92. The van der Waals surface area contributed by atoms with Gasteiger partial charge in [-0.05, 0) is 49.3 Å². The summed E-state index contributed by atoms with van der Waals surface area (Å²) in [6, 6.07) is 7.81. The molecule has 2 heterocycles. The van der Waals surface area contributed by atoms with E-state index in [0.717, 1.165) is 24.9 Å². The van der Waals surface area contributed by atoms with E-state index in [1.165, 1.54) is 6.42 Å². The number of piperidine rings is 1. The first-order chi connectivity index (χ1) is 12.0. The van der Waals surface area contributed by atoms with E-state index < -0.39 is 0 Å². The summed E-state index contributed by atoms with van der Waals surface area (Å²) in [5, 5.41) is 2.34. The molecule has 2 fully saturated rings. The second kappa shape index (κ2) is 7.38. The van der Waals surface area contributed by atoms with E-state index in [9.17, 15) is 14.4 Å². The number of imide groups is 1. The van der Waals surface area contributed by atoms with Gasteiger partial charge in [-0.15, -0.1) is 0 Å². The van der Waals surface area contributed by atoms with Crippen LogP contribution in [0.2, 0.25) is 0 Å². The maximum Gasteiger partial charge on any atom is 0.254 e. The van der Waals surface area contributed by atoms with Crippen molar-refractivity contribution >= 4 is 17.7 Å². The Morgan fingerprint density at radius 2 is 1.92 bits per heavy atom. The zero-order chi connectivity index (χ0) is 18.0. The first-order valence-electron chi connectivity index (χ1n) is 9.19. The maximum atomic E-state index is 12.9. The standard InChI is InChI=1S/C20H26N2O3/c1-13(2)17-5-3-4-10-22(17)20(25)15-8-6-14(7-9-15)11-16-12-18(23)21-19(16)24/h6-9,13,16-17H,3-5,10-12H2,1-2H3,(H,21,23,24)/t16-,17+/m1/s1. The molecule has 0 saturated carbocycles. The van der Waals surface area contributed by atoms with Crippen LogP contribution in [-0.2, 0) is 16.0 Å². The molecule has 2 atom stereocenters. The number of benzene rings is 1. The van der Waals surface area contributed by atoms with E-state index in [1.807, 2.05) is 29.2 Å². The minimum absolute atomic E-state index is 0.0961. The van der Waals surface area contributed by atoms with Gasteiger partial charge in [0.2, 0.25) is 11.8 Å². The van der Waals surface area contributed by atoms with E-state index in [1.54, 1.807) is 0 Å². The smallest absolute Gasteiger partial charge is 0.254 e. The molecule has 2 aliphatic rings. The third kappa shape index (κ3) is 3.91. The Kier molecular flexibility index (Phi) is 5.21. The van der Waals surface area contributed by atoms with Gasteiger partial charge in [-0.1, -0.05) is 26.0 Å². The van der Waals surface area contributed by atoms with Crippen LogP contribution in [0.25, 0.3) is 0 Å². The van der Waals surface area contributed by atoms with Crippen molar-refractivity contribution in [2.75, 3.05) is 6.54 Å². The number of rotatable bonds is 4. The molecule has 134 valence electrons. The topological polar surface area (TPSA) is 66.5 Å². The molecule has 0 aliphatic carbocycles. The molecule has 0 spiro atoms. The molecule has 3 amide bonds. The first kappa shape index (κ1) is 17.6. The maximum absolute atomic E-state index is 12.9. The number of hydrogen-bond acceptors (Lipinski definition) is 3. The van der Waals surface area contributed by atoms with Gasteiger partial charge in [0.15, 0.2) is 0 Å². The molecule has 0 radical (unpaired) electrons. The summed E-state index contributed by atoms with van der Waals surface area (Å²) in [6.45, 7) is 5.17. The molecule has 0 unspecified atom stereocenters. The van der Waals surface area contributed by atoms with Crippen molar-refractivity contribution in [3.63, 3.8) is 0 Å². The van der Waals surface area contributed by atoms with Crippen LogP contribution in [0.3, 0.4) is 0 Å². The molecule has 1 aromatic rings. The van der Waals surface area contributed by atoms with Crippen LogP contribution in [0, 0.1) is 11.8 Å². The van der Waals surface area contributed by atoms with Gasteiger partial charge < -0.3 is 4.90 Å². The lowest BCUT2D eigenvalue weighted by Gasteiger charge is -2.38. The fourth-order valence-electron chi connectivity index (χ4n) is 3.91. The molecule has 5 heteroatoms. The molecule has 1 aromatic carbocycles. The van der Waals surface area contributed by atoms with Crippen LogP contribution in [0.15, 0.2) is 24.3 Å². The highest BCUT2D eigenvalue weighted by Gasteiger charge is 2.31. The van der Waals surface area contributed by atoms with Gasteiger partial charge in [-0.25, -0.2) is 0 Å². The van der Waals surface area contributed by atoms with Gasteiger partial charge in [0, 0.05) is 24.6 Å². The number of hydrogen-bond donors (Lipinski definition) is 1. The largest absolute Gasteiger partial charge is 0.335 e. The Labute approximate surface area is 148 Å².